The summed E-state index contributed by atoms with van der Waals surface area (Å²) in [4.78, 5) is 11.8. The Morgan fingerprint density at radius 3 is 2.30 bits per heavy atom. The minimum atomic E-state index is -0.335. The third kappa shape index (κ3) is 5.33. The maximum atomic E-state index is 11.8. The molecule has 1 N–H and O–H groups in total. The number of benzene rings is 2. The minimum absolute atomic E-state index is 0.219. The number of amides is 1. The van der Waals surface area contributed by atoms with E-state index in [0.717, 1.165) is 5.56 Å². The van der Waals surface area contributed by atoms with Gasteiger partial charge in [-0.2, -0.15) is 0 Å². The lowest BCUT2D eigenvalue weighted by molar-refractivity contribution is -0.123. The van der Waals surface area contributed by atoms with E-state index in [9.17, 15) is 4.79 Å². The molecule has 2 aromatic rings. The van der Waals surface area contributed by atoms with Crippen LogP contribution in [0.1, 0.15) is 5.56 Å². The first-order valence-corrected chi connectivity index (χ1v) is 8.24. The lowest BCUT2D eigenvalue weighted by atomic mass is 10.2. The van der Waals surface area contributed by atoms with E-state index in [4.69, 9.17) is 62.7 Å². The molecule has 0 saturated carbocycles. The van der Waals surface area contributed by atoms with Gasteiger partial charge in [0.25, 0.3) is 5.91 Å². The van der Waals surface area contributed by atoms with Crippen LogP contribution in [0.3, 0.4) is 0 Å². The van der Waals surface area contributed by atoms with Crippen LogP contribution in [0.2, 0.25) is 25.1 Å². The summed E-state index contributed by atoms with van der Waals surface area (Å²) in [5.74, 6) is -0.0566. The lowest BCUT2D eigenvalue weighted by Crippen LogP contribution is -2.28. The molecule has 2 aromatic carbocycles. The monoisotopic (exact) mass is 411 g/mol. The highest BCUT2D eigenvalue weighted by Crippen LogP contribution is 2.33. The average molecular weight is 414 g/mol. The summed E-state index contributed by atoms with van der Waals surface area (Å²) in [5.41, 5.74) is 0.747. The fraction of sp³-hybridized carbons (Fsp3) is 0.133. The topological polar surface area (TPSA) is 38.3 Å². The van der Waals surface area contributed by atoms with Crippen molar-refractivity contribution in [1.82, 2.24) is 5.32 Å². The van der Waals surface area contributed by atoms with Crippen molar-refractivity contribution in [2.45, 2.75) is 6.54 Å². The SMILES string of the molecule is O=C(COc1cc(Cl)c(Cl)cc1Cl)NCc1ccc(Cl)cc1Cl. The second kappa shape index (κ2) is 8.32. The molecular weight excluding hydrogens is 403 g/mol. The van der Waals surface area contributed by atoms with Crippen LogP contribution >= 0.6 is 58.0 Å². The van der Waals surface area contributed by atoms with E-state index in [2.05, 4.69) is 5.32 Å². The van der Waals surface area contributed by atoms with Gasteiger partial charge in [-0.25, -0.2) is 0 Å². The van der Waals surface area contributed by atoms with Crippen LogP contribution in [-0.4, -0.2) is 12.5 Å². The quantitative estimate of drug-likeness (QED) is 0.644. The molecule has 0 aliphatic rings. The van der Waals surface area contributed by atoms with Crippen LogP contribution < -0.4 is 10.1 Å². The number of carbonyl (C=O) groups excluding carboxylic acids is 1. The molecule has 0 aliphatic heterocycles. The van der Waals surface area contributed by atoms with Crippen LogP contribution in [0.25, 0.3) is 0 Å². The standard InChI is InChI=1S/C15H10Cl5NO2/c16-9-2-1-8(10(17)3-9)6-21-15(22)7-23-14-5-12(19)11(18)4-13(14)20/h1-5H,6-7H2,(H,21,22). The van der Waals surface area contributed by atoms with Gasteiger partial charge in [-0.1, -0.05) is 64.1 Å². The van der Waals surface area contributed by atoms with Gasteiger partial charge in [0.15, 0.2) is 6.61 Å². The van der Waals surface area contributed by atoms with Crippen LogP contribution in [0, 0.1) is 0 Å². The Morgan fingerprint density at radius 1 is 0.913 bits per heavy atom. The number of hydrogen-bond donors (Lipinski definition) is 1. The maximum Gasteiger partial charge on any atom is 0.258 e. The summed E-state index contributed by atoms with van der Waals surface area (Å²) in [6.45, 7) is 0.0379. The molecule has 23 heavy (non-hydrogen) atoms. The first kappa shape index (κ1) is 18.5. The summed E-state index contributed by atoms with van der Waals surface area (Å²) >= 11 is 29.5. The Kier molecular flexibility index (Phi) is 6.69. The van der Waals surface area contributed by atoms with E-state index in [0.29, 0.717) is 20.1 Å². The molecule has 122 valence electrons. The van der Waals surface area contributed by atoms with E-state index < -0.39 is 0 Å². The minimum Gasteiger partial charge on any atom is -0.482 e. The smallest absolute Gasteiger partial charge is 0.258 e. The van der Waals surface area contributed by atoms with Gasteiger partial charge in [0.05, 0.1) is 15.1 Å². The van der Waals surface area contributed by atoms with Gasteiger partial charge in [0.2, 0.25) is 0 Å². The molecular formula is C15H10Cl5NO2. The molecule has 8 heteroatoms. The normalized spacial score (nSPS) is 10.5. The number of hydrogen-bond acceptors (Lipinski definition) is 2. The zero-order chi connectivity index (χ0) is 17.0. The molecule has 1 amide bonds. The van der Waals surface area contributed by atoms with Crippen molar-refractivity contribution in [3.63, 3.8) is 0 Å². The number of carbonyl (C=O) groups is 1. The fourth-order valence-corrected chi connectivity index (χ4v) is 2.73. The highest BCUT2D eigenvalue weighted by molar-refractivity contribution is 6.43. The maximum absolute atomic E-state index is 11.8. The zero-order valence-electron chi connectivity index (χ0n) is 11.5. The molecule has 0 bridgehead atoms. The van der Waals surface area contributed by atoms with Crippen molar-refractivity contribution in [3.05, 3.63) is 61.0 Å². The summed E-state index contributed by atoms with van der Waals surface area (Å²) in [7, 11) is 0. The molecule has 0 spiro atoms. The molecule has 0 aliphatic carbocycles. The van der Waals surface area contributed by atoms with Gasteiger partial charge in [-0.15, -0.1) is 0 Å². The van der Waals surface area contributed by atoms with Gasteiger partial charge in [0.1, 0.15) is 5.75 Å². The third-order valence-corrected chi connectivity index (χ3v) is 4.43. The largest absolute Gasteiger partial charge is 0.482 e. The Balaban J connectivity index is 1.89. The predicted molar refractivity (Wildman–Crippen MR) is 95.3 cm³/mol. The Hall–Kier alpha value is -0.840. The van der Waals surface area contributed by atoms with E-state index in [-0.39, 0.29) is 29.8 Å². The number of nitrogens with one attached hydrogen (secondary N) is 1. The van der Waals surface area contributed by atoms with Crippen LogP contribution in [-0.2, 0) is 11.3 Å². The van der Waals surface area contributed by atoms with E-state index in [1.54, 1.807) is 18.2 Å². The number of halogens is 5. The molecule has 0 heterocycles. The highest BCUT2D eigenvalue weighted by atomic mass is 35.5. The first-order valence-electron chi connectivity index (χ1n) is 6.35. The Bertz CT molecular complexity index is 736. The first-order chi connectivity index (χ1) is 10.9. The summed E-state index contributed by atoms with van der Waals surface area (Å²) < 4.78 is 5.33. The second-order valence-corrected chi connectivity index (χ2v) is 6.56. The van der Waals surface area contributed by atoms with E-state index in [1.807, 2.05) is 0 Å². The number of ether oxygens (including phenoxy) is 1. The van der Waals surface area contributed by atoms with Gasteiger partial charge < -0.3 is 10.1 Å². The summed E-state index contributed by atoms with van der Waals surface area (Å²) in [6, 6.07) is 7.95. The van der Waals surface area contributed by atoms with Crippen LogP contribution in [0.15, 0.2) is 30.3 Å². The average Bonchev–Trinajstić information content (AvgIpc) is 2.48. The third-order valence-electron chi connectivity index (χ3n) is 2.82. The van der Waals surface area contributed by atoms with Gasteiger partial charge in [-0.05, 0) is 23.8 Å². The van der Waals surface area contributed by atoms with Gasteiger partial charge in [0, 0.05) is 22.7 Å². The highest BCUT2D eigenvalue weighted by Gasteiger charge is 2.10. The molecule has 0 saturated heterocycles. The fourth-order valence-electron chi connectivity index (χ4n) is 1.67. The Labute approximate surface area is 158 Å². The molecule has 0 atom stereocenters. The number of rotatable bonds is 5. The van der Waals surface area contributed by atoms with E-state index in [1.165, 1.54) is 12.1 Å². The molecule has 0 aromatic heterocycles. The second-order valence-electron chi connectivity index (χ2n) is 4.50. The summed E-state index contributed by atoms with van der Waals surface area (Å²) in [6.07, 6.45) is 0. The van der Waals surface area contributed by atoms with Crippen molar-refractivity contribution in [2.24, 2.45) is 0 Å². The van der Waals surface area contributed by atoms with Crippen molar-refractivity contribution in [2.75, 3.05) is 6.61 Å². The molecule has 3 nitrogen and oxygen atoms in total. The van der Waals surface area contributed by atoms with Crippen LogP contribution in [0.4, 0.5) is 0 Å². The van der Waals surface area contributed by atoms with Gasteiger partial charge in [-0.3, -0.25) is 4.79 Å². The van der Waals surface area contributed by atoms with Crippen molar-refractivity contribution in [3.8, 4) is 5.75 Å². The van der Waals surface area contributed by atoms with Crippen molar-refractivity contribution >= 4 is 63.9 Å². The predicted octanol–water partition coefficient (Wildman–Crippen LogP) is 5.65. The molecule has 0 unspecified atom stereocenters. The van der Waals surface area contributed by atoms with Gasteiger partial charge >= 0.3 is 0 Å². The summed E-state index contributed by atoms with van der Waals surface area (Å²) in [5, 5.41) is 4.56. The van der Waals surface area contributed by atoms with Crippen molar-refractivity contribution < 1.29 is 9.53 Å². The zero-order valence-corrected chi connectivity index (χ0v) is 15.3. The molecule has 0 radical (unpaired) electrons. The Morgan fingerprint density at radius 2 is 1.61 bits per heavy atom. The molecule has 2 rings (SSSR count). The lowest BCUT2D eigenvalue weighted by Gasteiger charge is -2.10. The van der Waals surface area contributed by atoms with Crippen molar-refractivity contribution in [1.29, 1.82) is 0 Å². The van der Waals surface area contributed by atoms with E-state index >= 15 is 0 Å². The van der Waals surface area contributed by atoms with Crippen LogP contribution in [0.5, 0.6) is 5.75 Å². The molecule has 0 fully saturated rings.